The summed E-state index contributed by atoms with van der Waals surface area (Å²) in [5.74, 6) is 0. The van der Waals surface area contributed by atoms with Gasteiger partial charge in [0.25, 0.3) is 0 Å². The minimum Gasteiger partial charge on any atom is -0.378 e. The summed E-state index contributed by atoms with van der Waals surface area (Å²) in [6.07, 6.45) is 13.7. The van der Waals surface area contributed by atoms with Crippen LogP contribution in [-0.4, -0.2) is 23.8 Å². The fourth-order valence-corrected chi connectivity index (χ4v) is 3.83. The molecule has 0 spiro atoms. The van der Waals surface area contributed by atoms with Gasteiger partial charge in [0.2, 0.25) is 0 Å². The highest BCUT2D eigenvalue weighted by Crippen LogP contribution is 2.30. The van der Waals surface area contributed by atoms with Crippen molar-refractivity contribution in [3.8, 4) is 0 Å². The summed E-state index contributed by atoms with van der Waals surface area (Å²) in [5.41, 5.74) is 0.400. The first kappa shape index (κ1) is 19.0. The van der Waals surface area contributed by atoms with Gasteiger partial charge in [-0.05, 0) is 47.0 Å². The van der Waals surface area contributed by atoms with Crippen LogP contribution in [0.3, 0.4) is 0 Å². The number of ether oxygens (including phenoxy) is 1. The Balaban J connectivity index is 2.04. The van der Waals surface area contributed by atoms with Crippen molar-refractivity contribution < 1.29 is 4.74 Å². The Morgan fingerprint density at radius 2 is 1.29 bits per heavy atom. The van der Waals surface area contributed by atoms with E-state index in [4.69, 9.17) is 4.74 Å². The van der Waals surface area contributed by atoms with Crippen molar-refractivity contribution in [3.63, 3.8) is 0 Å². The molecule has 21 heavy (non-hydrogen) atoms. The van der Waals surface area contributed by atoms with Crippen molar-refractivity contribution in [1.29, 1.82) is 0 Å². The van der Waals surface area contributed by atoms with E-state index in [0.29, 0.717) is 6.10 Å². The Morgan fingerprint density at radius 3 is 1.81 bits per heavy atom. The molecule has 1 aliphatic heterocycles. The molecule has 0 aromatic heterocycles. The molecule has 1 rings (SSSR count). The molecule has 0 unspecified atom stereocenters. The van der Waals surface area contributed by atoms with E-state index in [1.54, 1.807) is 0 Å². The van der Waals surface area contributed by atoms with E-state index in [2.05, 4.69) is 39.9 Å². The largest absolute Gasteiger partial charge is 0.378 e. The van der Waals surface area contributed by atoms with Crippen LogP contribution in [0.5, 0.6) is 0 Å². The van der Waals surface area contributed by atoms with Crippen LogP contribution in [0.25, 0.3) is 0 Å². The van der Waals surface area contributed by atoms with Gasteiger partial charge < -0.3 is 10.1 Å². The Bertz CT molecular complexity index is 257. The Labute approximate surface area is 133 Å². The molecule has 0 aromatic rings. The van der Waals surface area contributed by atoms with Crippen LogP contribution in [0.2, 0.25) is 0 Å². The van der Waals surface area contributed by atoms with Gasteiger partial charge in [-0.1, -0.05) is 51.9 Å². The zero-order valence-corrected chi connectivity index (χ0v) is 15.3. The predicted octanol–water partition coefficient (Wildman–Crippen LogP) is 5.45. The van der Waals surface area contributed by atoms with E-state index < -0.39 is 0 Å². The molecule has 0 bridgehead atoms. The maximum Gasteiger partial charge on any atom is 0.0609 e. The van der Waals surface area contributed by atoms with Crippen molar-refractivity contribution in [2.45, 2.75) is 116 Å². The number of nitrogens with one attached hydrogen (secondary N) is 1. The zero-order chi connectivity index (χ0) is 15.8. The van der Waals surface area contributed by atoms with Crippen molar-refractivity contribution in [3.05, 3.63) is 0 Å². The smallest absolute Gasteiger partial charge is 0.0609 e. The van der Waals surface area contributed by atoms with Crippen molar-refractivity contribution >= 4 is 0 Å². The van der Waals surface area contributed by atoms with Crippen LogP contribution in [0.1, 0.15) is 98.8 Å². The molecule has 0 aliphatic carbocycles. The van der Waals surface area contributed by atoms with E-state index >= 15 is 0 Å². The maximum atomic E-state index is 6.16. The monoisotopic (exact) mass is 297 g/mol. The second kappa shape index (κ2) is 9.15. The predicted molar refractivity (Wildman–Crippen MR) is 92.9 cm³/mol. The number of hydrogen-bond donors (Lipinski definition) is 1. The van der Waals surface area contributed by atoms with Gasteiger partial charge in [0.15, 0.2) is 0 Å². The SMILES string of the molecule is CCCCCCCCCCOC1CC(C)(C)NC(C)(C)C1. The van der Waals surface area contributed by atoms with Gasteiger partial charge >= 0.3 is 0 Å². The molecule has 126 valence electrons. The quantitative estimate of drug-likeness (QED) is 0.541. The normalized spacial score (nSPS) is 21.6. The Kier molecular flexibility index (Phi) is 8.26. The van der Waals surface area contributed by atoms with Gasteiger partial charge in [0, 0.05) is 17.7 Å². The van der Waals surface area contributed by atoms with Crippen molar-refractivity contribution in [1.82, 2.24) is 5.32 Å². The Hall–Kier alpha value is -0.0800. The summed E-state index contributed by atoms with van der Waals surface area (Å²) in [4.78, 5) is 0. The molecule has 2 nitrogen and oxygen atoms in total. The third kappa shape index (κ3) is 8.83. The topological polar surface area (TPSA) is 21.3 Å². The van der Waals surface area contributed by atoms with Gasteiger partial charge in [0.05, 0.1) is 6.10 Å². The summed E-state index contributed by atoms with van der Waals surface area (Å²) in [5, 5.41) is 3.72. The number of rotatable bonds is 10. The van der Waals surface area contributed by atoms with Gasteiger partial charge in [0.1, 0.15) is 0 Å². The molecule has 0 atom stereocenters. The first-order chi connectivity index (χ1) is 9.85. The molecule has 1 aliphatic rings. The fourth-order valence-electron chi connectivity index (χ4n) is 3.83. The van der Waals surface area contributed by atoms with Gasteiger partial charge in [-0.15, -0.1) is 0 Å². The number of unbranched alkanes of at least 4 members (excludes halogenated alkanes) is 7. The molecule has 1 fully saturated rings. The summed E-state index contributed by atoms with van der Waals surface area (Å²) in [6.45, 7) is 12.4. The van der Waals surface area contributed by atoms with Crippen molar-refractivity contribution in [2.24, 2.45) is 0 Å². The maximum absolute atomic E-state index is 6.16. The standard InChI is InChI=1S/C19H39NO/c1-6-7-8-9-10-11-12-13-14-21-17-15-18(2,3)20-19(4,5)16-17/h17,20H,6-16H2,1-5H3. The van der Waals surface area contributed by atoms with E-state index in [9.17, 15) is 0 Å². The lowest BCUT2D eigenvalue weighted by Crippen LogP contribution is -2.59. The average Bonchev–Trinajstić information content (AvgIpc) is 2.33. The number of hydrogen-bond acceptors (Lipinski definition) is 2. The lowest BCUT2D eigenvalue weighted by molar-refractivity contribution is -0.0228. The lowest BCUT2D eigenvalue weighted by atomic mass is 9.81. The molecule has 2 heteroatoms. The van der Waals surface area contributed by atoms with Gasteiger partial charge in [-0.25, -0.2) is 0 Å². The summed E-state index contributed by atoms with van der Waals surface area (Å²) in [7, 11) is 0. The van der Waals surface area contributed by atoms with Crippen LogP contribution in [-0.2, 0) is 4.74 Å². The first-order valence-corrected chi connectivity index (χ1v) is 9.26. The molecule has 1 N–H and O–H groups in total. The third-order valence-electron chi connectivity index (χ3n) is 4.50. The molecular formula is C19H39NO. The Morgan fingerprint density at radius 1 is 0.810 bits per heavy atom. The van der Waals surface area contributed by atoms with Crippen LogP contribution in [0, 0.1) is 0 Å². The van der Waals surface area contributed by atoms with Crippen LogP contribution in [0.4, 0.5) is 0 Å². The minimum atomic E-state index is 0.200. The highest BCUT2D eigenvalue weighted by atomic mass is 16.5. The third-order valence-corrected chi connectivity index (χ3v) is 4.50. The van der Waals surface area contributed by atoms with E-state index in [0.717, 1.165) is 19.4 Å². The highest BCUT2D eigenvalue weighted by Gasteiger charge is 2.37. The van der Waals surface area contributed by atoms with Crippen molar-refractivity contribution in [2.75, 3.05) is 6.61 Å². The van der Waals surface area contributed by atoms with Gasteiger partial charge in [-0.3, -0.25) is 0 Å². The molecule has 1 heterocycles. The second-order valence-electron chi connectivity index (χ2n) is 8.27. The summed E-state index contributed by atoms with van der Waals surface area (Å²) in [6, 6.07) is 0. The summed E-state index contributed by atoms with van der Waals surface area (Å²) < 4.78 is 6.16. The van der Waals surface area contributed by atoms with Crippen LogP contribution in [0.15, 0.2) is 0 Å². The molecule has 0 saturated carbocycles. The van der Waals surface area contributed by atoms with E-state index in [1.165, 1.54) is 51.4 Å². The number of piperidine rings is 1. The molecule has 0 amide bonds. The molecule has 0 aromatic carbocycles. The van der Waals surface area contributed by atoms with E-state index in [1.807, 2.05) is 0 Å². The van der Waals surface area contributed by atoms with Crippen LogP contribution >= 0.6 is 0 Å². The average molecular weight is 298 g/mol. The summed E-state index contributed by atoms with van der Waals surface area (Å²) >= 11 is 0. The minimum absolute atomic E-state index is 0.200. The lowest BCUT2D eigenvalue weighted by Gasteiger charge is -2.46. The van der Waals surface area contributed by atoms with Crippen LogP contribution < -0.4 is 5.32 Å². The molecule has 1 saturated heterocycles. The zero-order valence-electron chi connectivity index (χ0n) is 15.3. The molecule has 0 radical (unpaired) electrons. The first-order valence-electron chi connectivity index (χ1n) is 9.26. The second-order valence-corrected chi connectivity index (χ2v) is 8.27. The molecular weight excluding hydrogens is 258 g/mol. The van der Waals surface area contributed by atoms with Gasteiger partial charge in [-0.2, -0.15) is 0 Å². The highest BCUT2D eigenvalue weighted by molar-refractivity contribution is 4.97. The van der Waals surface area contributed by atoms with E-state index in [-0.39, 0.29) is 11.1 Å². The fraction of sp³-hybridized carbons (Fsp3) is 1.00.